The Morgan fingerprint density at radius 1 is 0.653 bits per heavy atom. The van der Waals surface area contributed by atoms with Gasteiger partial charge in [-0.05, 0) is 51.4 Å². The van der Waals surface area contributed by atoms with E-state index in [0.29, 0.717) is 17.4 Å². The summed E-state index contributed by atoms with van der Waals surface area (Å²) >= 11 is 0. The average Bonchev–Trinajstić information content (AvgIpc) is 3.04. The highest BCUT2D eigenvalue weighted by Crippen LogP contribution is 2.43. The maximum Gasteiger partial charge on any atom is 0.472 e. The van der Waals surface area contributed by atoms with E-state index in [0.717, 1.165) is 77.0 Å². The van der Waals surface area contributed by atoms with E-state index in [4.69, 9.17) is 18.5 Å². The van der Waals surface area contributed by atoms with Crippen LogP contribution < -0.4 is 0 Å². The molecule has 0 aromatic rings. The van der Waals surface area contributed by atoms with E-state index >= 15 is 0 Å². The fourth-order valence-corrected chi connectivity index (χ4v) is 5.39. The van der Waals surface area contributed by atoms with Crippen molar-refractivity contribution in [2.75, 3.05) is 47.5 Å². The molecular formula is C39H71NO8P+. The van der Waals surface area contributed by atoms with Crippen molar-refractivity contribution in [3.63, 3.8) is 0 Å². The Morgan fingerprint density at radius 3 is 1.73 bits per heavy atom. The van der Waals surface area contributed by atoms with Gasteiger partial charge in [-0.2, -0.15) is 0 Å². The van der Waals surface area contributed by atoms with Gasteiger partial charge < -0.3 is 18.9 Å². The first kappa shape index (κ1) is 47.0. The number of esters is 2. The molecule has 49 heavy (non-hydrogen) atoms. The minimum atomic E-state index is -4.36. The van der Waals surface area contributed by atoms with Gasteiger partial charge in [-0.15, -0.1) is 0 Å². The summed E-state index contributed by atoms with van der Waals surface area (Å²) in [5.41, 5.74) is 0. The fourth-order valence-electron chi connectivity index (χ4n) is 4.65. The third-order valence-corrected chi connectivity index (χ3v) is 8.61. The summed E-state index contributed by atoms with van der Waals surface area (Å²) < 4.78 is 33.9. The smallest absolute Gasteiger partial charge is 0.462 e. The maximum atomic E-state index is 12.6. The first-order chi connectivity index (χ1) is 23.5. The van der Waals surface area contributed by atoms with Crippen molar-refractivity contribution in [3.8, 4) is 0 Å². The summed E-state index contributed by atoms with van der Waals surface area (Å²) in [5.74, 6) is -0.833. The molecule has 284 valence electrons. The Kier molecular flexibility index (Phi) is 30.6. The number of quaternary nitrogens is 1. The van der Waals surface area contributed by atoms with Gasteiger partial charge in [0.1, 0.15) is 19.8 Å². The van der Waals surface area contributed by atoms with Crippen LogP contribution in [-0.2, 0) is 32.7 Å². The van der Waals surface area contributed by atoms with Crippen molar-refractivity contribution in [1.29, 1.82) is 0 Å². The predicted molar refractivity (Wildman–Crippen MR) is 201 cm³/mol. The molecule has 0 fully saturated rings. The summed E-state index contributed by atoms with van der Waals surface area (Å²) in [6, 6.07) is 0. The summed E-state index contributed by atoms with van der Waals surface area (Å²) in [6.45, 7) is 4.14. The number of carbonyl (C=O) groups excluding carboxylic acids is 2. The van der Waals surface area contributed by atoms with Crippen LogP contribution in [0, 0.1) is 0 Å². The van der Waals surface area contributed by atoms with Gasteiger partial charge in [-0.25, -0.2) is 4.57 Å². The molecule has 0 spiro atoms. The molecule has 2 atom stereocenters. The third-order valence-electron chi connectivity index (χ3n) is 7.62. The molecule has 0 aromatic carbocycles. The highest BCUT2D eigenvalue weighted by atomic mass is 31.2. The van der Waals surface area contributed by atoms with Crippen LogP contribution in [0.2, 0.25) is 0 Å². The minimum absolute atomic E-state index is 0.0283. The second-order valence-electron chi connectivity index (χ2n) is 13.6. The van der Waals surface area contributed by atoms with E-state index in [-0.39, 0.29) is 26.1 Å². The van der Waals surface area contributed by atoms with Crippen molar-refractivity contribution in [2.45, 2.75) is 142 Å². The Bertz CT molecular complexity index is 986. The van der Waals surface area contributed by atoms with Crippen LogP contribution in [0.3, 0.4) is 0 Å². The highest BCUT2D eigenvalue weighted by Gasteiger charge is 2.27. The van der Waals surface area contributed by atoms with Crippen LogP contribution in [0.5, 0.6) is 0 Å². The normalized spacial score (nSPS) is 14.3. The Hall–Kier alpha value is -2.03. The second kappa shape index (κ2) is 31.9. The number of likely N-dealkylation sites (N-methyl/N-ethyl adjacent to an activating group) is 1. The van der Waals surface area contributed by atoms with Crippen LogP contribution in [0.25, 0.3) is 0 Å². The first-order valence-electron chi connectivity index (χ1n) is 18.9. The van der Waals surface area contributed by atoms with E-state index in [2.05, 4.69) is 62.5 Å². The Labute approximate surface area is 299 Å². The molecule has 0 aliphatic rings. The zero-order valence-corrected chi connectivity index (χ0v) is 32.6. The molecule has 0 aliphatic heterocycles. The molecular weight excluding hydrogens is 641 g/mol. The number of allylic oxidation sites excluding steroid dienone is 8. The van der Waals surface area contributed by atoms with Crippen LogP contribution in [0.15, 0.2) is 48.6 Å². The number of rotatable bonds is 33. The van der Waals surface area contributed by atoms with Crippen molar-refractivity contribution in [2.24, 2.45) is 0 Å². The largest absolute Gasteiger partial charge is 0.472 e. The van der Waals surface area contributed by atoms with Gasteiger partial charge in [0, 0.05) is 12.8 Å². The van der Waals surface area contributed by atoms with Crippen molar-refractivity contribution >= 4 is 19.8 Å². The Balaban J connectivity index is 4.21. The van der Waals surface area contributed by atoms with Gasteiger partial charge in [0.05, 0.1) is 27.7 Å². The fraction of sp³-hybridized carbons (Fsp3) is 0.744. The molecule has 0 aliphatic carbocycles. The standard InChI is InChI=1S/C39H70NO8P/c1-6-8-10-12-13-14-15-16-17-18-19-20-21-22-23-24-25-26-27-28-30-32-39(42)48-37(35-45-38(41)31-29-11-9-7-2)36-47-49(43,44)46-34-33-40(3,4)5/h8,10,13-14,16-17,19-20,37H,6-7,9,11-12,15,18,21-36H2,1-5H3/p+1/b10-8-,14-13-,17-16-,20-19-. The molecule has 0 heterocycles. The predicted octanol–water partition coefficient (Wildman–Crippen LogP) is 9.96. The monoisotopic (exact) mass is 712 g/mol. The molecule has 9 nitrogen and oxygen atoms in total. The number of unbranched alkanes of at least 4 members (excludes halogenated alkanes) is 11. The maximum absolute atomic E-state index is 12.6. The van der Waals surface area contributed by atoms with E-state index in [9.17, 15) is 19.0 Å². The molecule has 0 amide bonds. The zero-order valence-electron chi connectivity index (χ0n) is 31.7. The number of phosphoric ester groups is 1. The Morgan fingerprint density at radius 2 is 1.16 bits per heavy atom. The van der Waals surface area contributed by atoms with Gasteiger partial charge in [0.25, 0.3) is 0 Å². The van der Waals surface area contributed by atoms with Crippen molar-refractivity contribution in [3.05, 3.63) is 48.6 Å². The summed E-state index contributed by atoms with van der Waals surface area (Å²) in [6.07, 6.45) is 35.0. The second-order valence-corrected chi connectivity index (χ2v) is 15.0. The number of carbonyl (C=O) groups is 2. The molecule has 0 saturated carbocycles. The van der Waals surface area contributed by atoms with Gasteiger partial charge in [0.2, 0.25) is 0 Å². The highest BCUT2D eigenvalue weighted by molar-refractivity contribution is 7.47. The van der Waals surface area contributed by atoms with Crippen LogP contribution >= 0.6 is 7.82 Å². The van der Waals surface area contributed by atoms with Crippen LogP contribution in [0.1, 0.15) is 136 Å². The number of hydrogen-bond acceptors (Lipinski definition) is 7. The van der Waals surface area contributed by atoms with E-state index in [1.54, 1.807) is 0 Å². The quantitative estimate of drug-likeness (QED) is 0.0236. The summed E-state index contributed by atoms with van der Waals surface area (Å²) in [4.78, 5) is 34.8. The van der Waals surface area contributed by atoms with Crippen molar-refractivity contribution < 1.29 is 42.1 Å². The van der Waals surface area contributed by atoms with Gasteiger partial charge >= 0.3 is 19.8 Å². The molecule has 10 heteroatoms. The van der Waals surface area contributed by atoms with Crippen molar-refractivity contribution in [1.82, 2.24) is 0 Å². The molecule has 0 bridgehead atoms. The third kappa shape index (κ3) is 35.6. The molecule has 0 saturated heterocycles. The molecule has 0 radical (unpaired) electrons. The molecule has 1 N–H and O–H groups in total. The lowest BCUT2D eigenvalue weighted by atomic mass is 10.1. The van der Waals surface area contributed by atoms with Crippen LogP contribution in [0.4, 0.5) is 0 Å². The SMILES string of the molecule is CC/C=C\C/C=C\C/C=C\C/C=C\CCCCCCCCCCC(=O)OC(COC(=O)CCCCCC)COP(=O)(O)OCC[N+](C)(C)C. The topological polar surface area (TPSA) is 108 Å². The van der Waals surface area contributed by atoms with Crippen LogP contribution in [-0.4, -0.2) is 74.9 Å². The van der Waals surface area contributed by atoms with Gasteiger partial charge in [-0.1, -0.05) is 120 Å². The average molecular weight is 713 g/mol. The number of phosphoric acid groups is 1. The van der Waals surface area contributed by atoms with Gasteiger partial charge in [-0.3, -0.25) is 18.6 Å². The molecule has 0 aromatic heterocycles. The molecule has 2 unspecified atom stereocenters. The lowest BCUT2D eigenvalue weighted by molar-refractivity contribution is -0.870. The lowest BCUT2D eigenvalue weighted by Gasteiger charge is -2.24. The summed E-state index contributed by atoms with van der Waals surface area (Å²) in [7, 11) is 1.46. The number of ether oxygens (including phenoxy) is 2. The van der Waals surface area contributed by atoms with E-state index in [1.807, 2.05) is 21.1 Å². The van der Waals surface area contributed by atoms with Gasteiger partial charge in [0.15, 0.2) is 6.10 Å². The number of hydrogen-bond donors (Lipinski definition) is 1. The number of nitrogens with zero attached hydrogens (tertiary/aromatic N) is 1. The lowest BCUT2D eigenvalue weighted by Crippen LogP contribution is -2.37. The summed E-state index contributed by atoms with van der Waals surface area (Å²) in [5, 5.41) is 0. The zero-order chi connectivity index (χ0) is 36.5. The van der Waals surface area contributed by atoms with E-state index in [1.165, 1.54) is 25.7 Å². The van der Waals surface area contributed by atoms with E-state index < -0.39 is 32.5 Å². The minimum Gasteiger partial charge on any atom is -0.462 e. The first-order valence-corrected chi connectivity index (χ1v) is 20.4. The molecule has 0 rings (SSSR count).